The molecule has 1 aliphatic rings. The van der Waals surface area contributed by atoms with Gasteiger partial charge in [-0.1, -0.05) is 12.1 Å². The fourth-order valence-corrected chi connectivity index (χ4v) is 3.68. The van der Waals surface area contributed by atoms with Gasteiger partial charge in [-0.3, -0.25) is 14.1 Å². The summed E-state index contributed by atoms with van der Waals surface area (Å²) in [6.07, 6.45) is 3.42. The van der Waals surface area contributed by atoms with Crippen LogP contribution in [0.4, 0.5) is 5.95 Å². The second-order valence-corrected chi connectivity index (χ2v) is 7.04. The molecule has 1 aromatic carbocycles. The van der Waals surface area contributed by atoms with E-state index in [2.05, 4.69) is 36.0 Å². The average Bonchev–Trinajstić information content (AvgIpc) is 3.30. The van der Waals surface area contributed by atoms with Crippen LogP contribution in [0.2, 0.25) is 0 Å². The molecule has 0 unspecified atom stereocenters. The molecule has 5 rings (SSSR count). The highest BCUT2D eigenvalue weighted by Gasteiger charge is 2.19. The predicted molar refractivity (Wildman–Crippen MR) is 107 cm³/mol. The van der Waals surface area contributed by atoms with Gasteiger partial charge in [-0.05, 0) is 24.3 Å². The van der Waals surface area contributed by atoms with Gasteiger partial charge in [0, 0.05) is 38.6 Å². The van der Waals surface area contributed by atoms with Crippen LogP contribution in [0.5, 0.6) is 0 Å². The lowest BCUT2D eigenvalue weighted by molar-refractivity contribution is 0.204. The Morgan fingerprint density at radius 3 is 2.83 bits per heavy atom. The zero-order valence-electron chi connectivity index (χ0n) is 15.9. The van der Waals surface area contributed by atoms with Crippen LogP contribution in [0.15, 0.2) is 58.0 Å². The molecule has 0 spiro atoms. The average molecular weight is 391 g/mol. The Balaban J connectivity index is 1.22. The summed E-state index contributed by atoms with van der Waals surface area (Å²) in [5.74, 6) is 0.294. The van der Waals surface area contributed by atoms with Gasteiger partial charge in [-0.2, -0.15) is 5.10 Å². The van der Waals surface area contributed by atoms with E-state index in [0.717, 1.165) is 37.4 Å². The van der Waals surface area contributed by atoms with E-state index in [1.165, 1.54) is 5.69 Å². The summed E-state index contributed by atoms with van der Waals surface area (Å²) in [7, 11) is 0. The third-order valence-electron chi connectivity index (χ3n) is 5.13. The Morgan fingerprint density at radius 2 is 1.93 bits per heavy atom. The van der Waals surface area contributed by atoms with E-state index < -0.39 is 0 Å². The normalized spacial score (nSPS) is 14.2. The van der Waals surface area contributed by atoms with Crippen LogP contribution in [-0.4, -0.2) is 42.3 Å². The number of oxazole rings is 1. The van der Waals surface area contributed by atoms with Crippen molar-refractivity contribution in [1.82, 2.24) is 29.2 Å². The van der Waals surface area contributed by atoms with Crippen molar-refractivity contribution < 1.29 is 4.42 Å². The first-order chi connectivity index (χ1) is 14.3. The van der Waals surface area contributed by atoms with Crippen LogP contribution in [0.1, 0.15) is 11.4 Å². The molecule has 0 saturated heterocycles. The molecule has 0 atom stereocenters. The Hall–Kier alpha value is -3.46. The first-order valence-corrected chi connectivity index (χ1v) is 9.63. The maximum atomic E-state index is 12.1. The van der Waals surface area contributed by atoms with Crippen LogP contribution in [0, 0.1) is 0 Å². The lowest BCUT2D eigenvalue weighted by Gasteiger charge is -2.27. The van der Waals surface area contributed by atoms with Gasteiger partial charge in [-0.15, -0.1) is 0 Å². The minimum Gasteiger partial charge on any atom is -0.408 e. The summed E-state index contributed by atoms with van der Waals surface area (Å²) in [4.78, 5) is 22.8. The SMILES string of the molecule is O=c1oc2ccccc2n1CCN1CCn2nc(CNc3ncccn3)cc2C1. The zero-order valence-corrected chi connectivity index (χ0v) is 15.9. The van der Waals surface area contributed by atoms with Crippen molar-refractivity contribution in [2.24, 2.45) is 0 Å². The number of nitrogens with zero attached hydrogens (tertiary/aromatic N) is 6. The number of hydrogen-bond donors (Lipinski definition) is 1. The van der Waals surface area contributed by atoms with E-state index >= 15 is 0 Å². The summed E-state index contributed by atoms with van der Waals surface area (Å²) in [6.45, 7) is 4.50. The Kier molecular flexibility index (Phi) is 4.57. The van der Waals surface area contributed by atoms with Crippen LogP contribution >= 0.6 is 0 Å². The summed E-state index contributed by atoms with van der Waals surface area (Å²) in [5, 5.41) is 7.86. The number of nitrogens with one attached hydrogen (secondary N) is 1. The van der Waals surface area contributed by atoms with E-state index in [0.29, 0.717) is 24.6 Å². The zero-order chi connectivity index (χ0) is 19.6. The molecule has 0 bridgehead atoms. The Bertz CT molecular complexity index is 1180. The predicted octanol–water partition coefficient (Wildman–Crippen LogP) is 1.71. The molecule has 148 valence electrons. The quantitative estimate of drug-likeness (QED) is 0.535. The van der Waals surface area contributed by atoms with Crippen LogP contribution < -0.4 is 11.1 Å². The van der Waals surface area contributed by atoms with Crippen molar-refractivity contribution in [2.75, 3.05) is 18.4 Å². The molecule has 0 saturated carbocycles. The fraction of sp³-hybridized carbons (Fsp3) is 0.300. The van der Waals surface area contributed by atoms with Gasteiger partial charge >= 0.3 is 5.76 Å². The van der Waals surface area contributed by atoms with Crippen molar-refractivity contribution in [3.05, 3.63) is 70.7 Å². The molecule has 9 nitrogen and oxygen atoms in total. The second-order valence-electron chi connectivity index (χ2n) is 7.04. The molecular weight excluding hydrogens is 370 g/mol. The van der Waals surface area contributed by atoms with E-state index in [4.69, 9.17) is 4.42 Å². The van der Waals surface area contributed by atoms with Crippen LogP contribution in [-0.2, 0) is 26.2 Å². The van der Waals surface area contributed by atoms with Crippen LogP contribution in [0.3, 0.4) is 0 Å². The minimum absolute atomic E-state index is 0.301. The molecule has 0 radical (unpaired) electrons. The molecule has 9 heteroatoms. The third-order valence-corrected chi connectivity index (χ3v) is 5.13. The smallest absolute Gasteiger partial charge is 0.408 e. The molecule has 0 fully saturated rings. The number of hydrogen-bond acceptors (Lipinski definition) is 7. The third kappa shape index (κ3) is 3.64. The first-order valence-electron chi connectivity index (χ1n) is 9.63. The van der Waals surface area contributed by atoms with Gasteiger partial charge in [-0.25, -0.2) is 14.8 Å². The van der Waals surface area contributed by atoms with E-state index in [-0.39, 0.29) is 5.76 Å². The monoisotopic (exact) mass is 391 g/mol. The second kappa shape index (κ2) is 7.51. The van der Waals surface area contributed by atoms with Crippen molar-refractivity contribution in [3.8, 4) is 0 Å². The van der Waals surface area contributed by atoms with E-state index in [9.17, 15) is 4.79 Å². The Labute approximate surface area is 166 Å². The highest BCUT2D eigenvalue weighted by Crippen LogP contribution is 2.16. The number of rotatable bonds is 6. The maximum Gasteiger partial charge on any atom is 0.419 e. The van der Waals surface area contributed by atoms with Gasteiger partial charge in [0.2, 0.25) is 5.95 Å². The van der Waals surface area contributed by atoms with Crippen molar-refractivity contribution >= 4 is 17.0 Å². The molecule has 4 aromatic rings. The summed E-state index contributed by atoms with van der Waals surface area (Å²) in [6, 6.07) is 11.4. The van der Waals surface area contributed by atoms with Gasteiger partial charge in [0.25, 0.3) is 0 Å². The lowest BCUT2D eigenvalue weighted by Crippen LogP contribution is -2.36. The number of fused-ring (bicyclic) bond motifs is 2. The largest absolute Gasteiger partial charge is 0.419 e. The molecule has 0 amide bonds. The highest BCUT2D eigenvalue weighted by molar-refractivity contribution is 5.72. The van der Waals surface area contributed by atoms with Gasteiger partial charge in [0.15, 0.2) is 5.58 Å². The van der Waals surface area contributed by atoms with Crippen LogP contribution in [0.25, 0.3) is 11.1 Å². The molecule has 0 aliphatic carbocycles. The highest BCUT2D eigenvalue weighted by atomic mass is 16.4. The van der Waals surface area contributed by atoms with Gasteiger partial charge < -0.3 is 9.73 Å². The number of para-hydroxylation sites is 2. The standard InChI is InChI=1S/C20H21N7O2/c28-20-26(17-4-1-2-5-18(17)29-20)10-8-25-9-11-27-16(14-25)12-15(24-27)13-23-19-21-6-3-7-22-19/h1-7,12H,8-11,13-14H2,(H,21,22,23). The summed E-state index contributed by atoms with van der Waals surface area (Å²) >= 11 is 0. The number of anilines is 1. The van der Waals surface area contributed by atoms with Crippen molar-refractivity contribution in [2.45, 2.75) is 26.2 Å². The van der Waals surface area contributed by atoms with Gasteiger partial charge in [0.05, 0.1) is 30.0 Å². The molecule has 1 aliphatic heterocycles. The minimum atomic E-state index is -0.301. The van der Waals surface area contributed by atoms with E-state index in [1.54, 1.807) is 23.0 Å². The number of aromatic nitrogens is 5. The summed E-state index contributed by atoms with van der Waals surface area (Å²) in [5.41, 5.74) is 3.61. The molecule has 29 heavy (non-hydrogen) atoms. The molecule has 4 heterocycles. The lowest BCUT2D eigenvalue weighted by atomic mass is 10.2. The number of benzene rings is 1. The molecule has 3 aromatic heterocycles. The summed E-state index contributed by atoms with van der Waals surface area (Å²) < 4.78 is 9.08. The van der Waals surface area contributed by atoms with E-state index in [1.807, 2.05) is 24.3 Å². The molecular formula is C20H21N7O2. The molecule has 1 N–H and O–H groups in total. The topological polar surface area (TPSA) is 94.0 Å². The fourth-order valence-electron chi connectivity index (χ4n) is 3.68. The van der Waals surface area contributed by atoms with Crippen molar-refractivity contribution in [1.29, 1.82) is 0 Å². The van der Waals surface area contributed by atoms with Gasteiger partial charge in [0.1, 0.15) is 0 Å². The van der Waals surface area contributed by atoms with Crippen molar-refractivity contribution in [3.63, 3.8) is 0 Å². The first kappa shape index (κ1) is 17.6. The maximum absolute atomic E-state index is 12.1. The Morgan fingerprint density at radius 1 is 1.07 bits per heavy atom.